The van der Waals surface area contributed by atoms with Crippen LogP contribution in [0.3, 0.4) is 0 Å². The second kappa shape index (κ2) is 6.07. The summed E-state index contributed by atoms with van der Waals surface area (Å²) in [6, 6.07) is 14.2. The van der Waals surface area contributed by atoms with Crippen molar-refractivity contribution in [2.45, 2.75) is 46.3 Å². The predicted molar refractivity (Wildman–Crippen MR) is 93.1 cm³/mol. The summed E-state index contributed by atoms with van der Waals surface area (Å²) >= 11 is 0. The van der Waals surface area contributed by atoms with Crippen LogP contribution < -0.4 is 9.64 Å². The van der Waals surface area contributed by atoms with E-state index in [1.807, 2.05) is 62.1 Å². The Morgan fingerprint density at radius 2 is 1.91 bits per heavy atom. The standard InChI is InChI=1S/C20H23NO2/c1-13-8-7-11-19(15(13)3)23-16(4)20(22)21-14(2)12-17-9-5-6-10-18(17)21/h5-11,14,16H,12H2,1-4H3/t14-,16+/m1/s1. The fraction of sp³-hybridized carbons (Fsp3) is 0.350. The summed E-state index contributed by atoms with van der Waals surface area (Å²) in [5, 5.41) is 0. The van der Waals surface area contributed by atoms with Crippen LogP contribution in [0.1, 0.15) is 30.5 Å². The number of amides is 1. The molecule has 0 aliphatic carbocycles. The first-order valence-corrected chi connectivity index (χ1v) is 8.13. The van der Waals surface area contributed by atoms with Crippen LogP contribution in [0.15, 0.2) is 42.5 Å². The van der Waals surface area contributed by atoms with Gasteiger partial charge in [0.05, 0.1) is 0 Å². The van der Waals surface area contributed by atoms with Crippen molar-refractivity contribution < 1.29 is 9.53 Å². The maximum Gasteiger partial charge on any atom is 0.268 e. The van der Waals surface area contributed by atoms with Crippen molar-refractivity contribution >= 4 is 11.6 Å². The molecule has 2 aromatic rings. The molecule has 23 heavy (non-hydrogen) atoms. The Morgan fingerprint density at radius 3 is 2.70 bits per heavy atom. The molecule has 0 saturated heterocycles. The lowest BCUT2D eigenvalue weighted by Crippen LogP contribution is -2.43. The van der Waals surface area contributed by atoms with Gasteiger partial charge in [0.2, 0.25) is 0 Å². The summed E-state index contributed by atoms with van der Waals surface area (Å²) in [6.45, 7) is 7.99. The number of fused-ring (bicyclic) bond motifs is 1. The lowest BCUT2D eigenvalue weighted by molar-refractivity contribution is -0.124. The van der Waals surface area contributed by atoms with Crippen LogP contribution in [-0.2, 0) is 11.2 Å². The van der Waals surface area contributed by atoms with Crippen molar-refractivity contribution in [2.24, 2.45) is 0 Å². The molecule has 2 aromatic carbocycles. The van der Waals surface area contributed by atoms with Crippen LogP contribution in [0.2, 0.25) is 0 Å². The van der Waals surface area contributed by atoms with Crippen LogP contribution >= 0.6 is 0 Å². The van der Waals surface area contributed by atoms with Crippen molar-refractivity contribution in [1.82, 2.24) is 0 Å². The largest absolute Gasteiger partial charge is 0.481 e. The van der Waals surface area contributed by atoms with Gasteiger partial charge in [-0.25, -0.2) is 0 Å². The topological polar surface area (TPSA) is 29.5 Å². The molecule has 1 heterocycles. The highest BCUT2D eigenvalue weighted by atomic mass is 16.5. The van der Waals surface area contributed by atoms with E-state index in [1.165, 1.54) is 11.1 Å². The van der Waals surface area contributed by atoms with Gasteiger partial charge in [-0.2, -0.15) is 0 Å². The van der Waals surface area contributed by atoms with E-state index < -0.39 is 6.10 Å². The highest BCUT2D eigenvalue weighted by Crippen LogP contribution is 2.33. The van der Waals surface area contributed by atoms with E-state index in [2.05, 4.69) is 13.0 Å². The molecule has 0 aromatic heterocycles. The summed E-state index contributed by atoms with van der Waals surface area (Å²) in [4.78, 5) is 14.8. The summed E-state index contributed by atoms with van der Waals surface area (Å²) < 4.78 is 5.97. The van der Waals surface area contributed by atoms with Crippen molar-refractivity contribution in [3.63, 3.8) is 0 Å². The maximum atomic E-state index is 12.9. The number of nitrogens with zero attached hydrogens (tertiary/aromatic N) is 1. The fourth-order valence-electron chi connectivity index (χ4n) is 3.19. The molecule has 120 valence electrons. The Kier molecular flexibility index (Phi) is 4.12. The van der Waals surface area contributed by atoms with E-state index in [0.717, 1.165) is 23.4 Å². The van der Waals surface area contributed by atoms with Crippen molar-refractivity contribution in [1.29, 1.82) is 0 Å². The zero-order valence-electron chi connectivity index (χ0n) is 14.2. The average Bonchev–Trinajstić information content (AvgIpc) is 2.86. The van der Waals surface area contributed by atoms with E-state index in [4.69, 9.17) is 4.74 Å². The number of hydrogen-bond acceptors (Lipinski definition) is 2. The molecule has 0 spiro atoms. The molecule has 3 heteroatoms. The third-order valence-corrected chi connectivity index (χ3v) is 4.65. The minimum Gasteiger partial charge on any atom is -0.481 e. The van der Waals surface area contributed by atoms with Gasteiger partial charge in [-0.1, -0.05) is 30.3 Å². The number of benzene rings is 2. The minimum atomic E-state index is -0.510. The second-order valence-electron chi connectivity index (χ2n) is 6.35. The van der Waals surface area contributed by atoms with Crippen LogP contribution in [0, 0.1) is 13.8 Å². The Balaban J connectivity index is 1.82. The minimum absolute atomic E-state index is 0.0170. The van der Waals surface area contributed by atoms with E-state index in [9.17, 15) is 4.79 Å². The summed E-state index contributed by atoms with van der Waals surface area (Å²) in [5.74, 6) is 0.800. The van der Waals surface area contributed by atoms with Gasteiger partial charge in [0.1, 0.15) is 5.75 Å². The van der Waals surface area contributed by atoms with Gasteiger partial charge in [-0.3, -0.25) is 4.79 Å². The van der Waals surface area contributed by atoms with Crippen LogP contribution in [0.5, 0.6) is 5.75 Å². The van der Waals surface area contributed by atoms with Gasteiger partial charge in [0, 0.05) is 11.7 Å². The number of para-hydroxylation sites is 1. The van der Waals surface area contributed by atoms with Crippen molar-refractivity contribution in [2.75, 3.05) is 4.90 Å². The molecule has 0 fully saturated rings. The third-order valence-electron chi connectivity index (χ3n) is 4.65. The number of ether oxygens (including phenoxy) is 1. The molecule has 1 aliphatic rings. The molecular formula is C20H23NO2. The number of hydrogen-bond donors (Lipinski definition) is 0. The Morgan fingerprint density at radius 1 is 1.17 bits per heavy atom. The molecule has 1 aliphatic heterocycles. The zero-order chi connectivity index (χ0) is 16.6. The summed E-state index contributed by atoms with van der Waals surface area (Å²) in [5.41, 5.74) is 4.50. The molecule has 0 bridgehead atoms. The van der Waals surface area contributed by atoms with Crippen LogP contribution in [0.4, 0.5) is 5.69 Å². The molecule has 0 unspecified atom stereocenters. The van der Waals surface area contributed by atoms with E-state index >= 15 is 0 Å². The van der Waals surface area contributed by atoms with Gasteiger partial charge in [-0.15, -0.1) is 0 Å². The van der Waals surface area contributed by atoms with Gasteiger partial charge in [0.25, 0.3) is 5.91 Å². The molecule has 3 nitrogen and oxygen atoms in total. The SMILES string of the molecule is Cc1cccc(O[C@@H](C)C(=O)N2c3ccccc3C[C@H]2C)c1C. The molecular weight excluding hydrogens is 286 g/mol. The monoisotopic (exact) mass is 309 g/mol. The van der Waals surface area contributed by atoms with Gasteiger partial charge < -0.3 is 9.64 Å². The number of carbonyl (C=O) groups excluding carboxylic acids is 1. The van der Waals surface area contributed by atoms with Gasteiger partial charge in [0.15, 0.2) is 6.10 Å². The molecule has 0 radical (unpaired) electrons. The predicted octanol–water partition coefficient (Wildman–Crippen LogP) is 4.05. The molecule has 0 saturated carbocycles. The fourth-order valence-corrected chi connectivity index (χ4v) is 3.19. The third kappa shape index (κ3) is 2.83. The smallest absolute Gasteiger partial charge is 0.268 e. The number of aryl methyl sites for hydroxylation is 1. The molecule has 0 N–H and O–H groups in total. The Labute approximate surface area is 137 Å². The number of rotatable bonds is 3. The normalized spacial score (nSPS) is 17.7. The second-order valence-corrected chi connectivity index (χ2v) is 6.35. The molecule has 1 amide bonds. The lowest BCUT2D eigenvalue weighted by Gasteiger charge is -2.27. The quantitative estimate of drug-likeness (QED) is 0.856. The summed E-state index contributed by atoms with van der Waals surface area (Å²) in [7, 11) is 0. The molecule has 3 rings (SSSR count). The van der Waals surface area contributed by atoms with Gasteiger partial charge >= 0.3 is 0 Å². The highest BCUT2D eigenvalue weighted by molar-refractivity contribution is 5.99. The Hall–Kier alpha value is -2.29. The Bertz CT molecular complexity index is 738. The van der Waals surface area contributed by atoms with E-state index in [0.29, 0.717) is 0 Å². The maximum absolute atomic E-state index is 12.9. The van der Waals surface area contributed by atoms with Crippen molar-refractivity contribution in [3.8, 4) is 5.75 Å². The molecule has 2 atom stereocenters. The van der Waals surface area contributed by atoms with Crippen LogP contribution in [-0.4, -0.2) is 18.1 Å². The van der Waals surface area contributed by atoms with E-state index in [1.54, 1.807) is 0 Å². The highest BCUT2D eigenvalue weighted by Gasteiger charge is 2.33. The zero-order valence-corrected chi connectivity index (χ0v) is 14.2. The van der Waals surface area contributed by atoms with Crippen molar-refractivity contribution in [3.05, 3.63) is 59.2 Å². The first-order valence-electron chi connectivity index (χ1n) is 8.13. The van der Waals surface area contributed by atoms with Crippen LogP contribution in [0.25, 0.3) is 0 Å². The first-order chi connectivity index (χ1) is 11.0. The average molecular weight is 309 g/mol. The summed E-state index contributed by atoms with van der Waals surface area (Å²) in [6.07, 6.45) is 0.391. The lowest BCUT2D eigenvalue weighted by atomic mass is 10.1. The number of carbonyl (C=O) groups is 1. The van der Waals surface area contributed by atoms with Gasteiger partial charge in [-0.05, 0) is 62.9 Å². The first kappa shape index (κ1) is 15.6. The number of anilines is 1. The van der Waals surface area contributed by atoms with E-state index in [-0.39, 0.29) is 11.9 Å².